The van der Waals surface area contributed by atoms with E-state index in [1.807, 2.05) is 12.1 Å². The van der Waals surface area contributed by atoms with Gasteiger partial charge in [0.1, 0.15) is 5.75 Å². The minimum atomic E-state index is -3.05. The monoisotopic (exact) mass is 426 g/mol. The van der Waals surface area contributed by atoms with Crippen LogP contribution in [0.5, 0.6) is 5.75 Å². The summed E-state index contributed by atoms with van der Waals surface area (Å²) in [6.45, 7) is 8.21. The van der Waals surface area contributed by atoms with E-state index in [1.54, 1.807) is 12.0 Å². The van der Waals surface area contributed by atoms with Gasteiger partial charge < -0.3 is 19.7 Å². The van der Waals surface area contributed by atoms with E-state index < -0.39 is 9.84 Å². The molecule has 1 fully saturated rings. The van der Waals surface area contributed by atoms with Gasteiger partial charge in [0.25, 0.3) is 0 Å². The fourth-order valence-electron chi connectivity index (χ4n) is 3.27. The zero-order valence-electron chi connectivity index (χ0n) is 17.9. The van der Waals surface area contributed by atoms with Gasteiger partial charge in [-0.25, -0.2) is 13.2 Å². The number of carbonyl (C=O) groups is 1. The number of carbonyl (C=O) groups excluding carboxylic acids is 1. The van der Waals surface area contributed by atoms with Crippen LogP contribution in [-0.2, 0) is 20.0 Å². The first-order valence-electron chi connectivity index (χ1n) is 10.1. The maximum absolute atomic E-state index is 12.5. The fourth-order valence-corrected chi connectivity index (χ4v) is 5.00. The summed E-state index contributed by atoms with van der Waals surface area (Å²) in [7, 11) is -1.49. The van der Waals surface area contributed by atoms with Gasteiger partial charge in [0.15, 0.2) is 9.84 Å². The molecule has 1 saturated heterocycles. The van der Waals surface area contributed by atoms with Crippen LogP contribution in [0.1, 0.15) is 39.2 Å². The van der Waals surface area contributed by atoms with Crippen molar-refractivity contribution in [3.8, 4) is 5.75 Å². The Hall–Kier alpha value is -1.80. The Bertz CT molecular complexity index is 756. The van der Waals surface area contributed by atoms with Crippen molar-refractivity contribution in [2.24, 2.45) is 0 Å². The lowest BCUT2D eigenvalue weighted by atomic mass is 9.87. The first-order chi connectivity index (χ1) is 13.6. The molecule has 1 heterocycles. The molecule has 0 radical (unpaired) electrons. The molecule has 2 rings (SSSR count). The van der Waals surface area contributed by atoms with E-state index in [-0.39, 0.29) is 29.0 Å². The molecule has 1 unspecified atom stereocenters. The molecule has 29 heavy (non-hydrogen) atoms. The summed E-state index contributed by atoms with van der Waals surface area (Å²) >= 11 is 0. The fraction of sp³-hybridized carbons (Fsp3) is 0.667. The summed E-state index contributed by atoms with van der Waals surface area (Å²) in [6, 6.07) is 7.53. The Morgan fingerprint density at radius 3 is 2.45 bits per heavy atom. The van der Waals surface area contributed by atoms with Crippen LogP contribution in [0.25, 0.3) is 0 Å². The molecule has 1 atom stereocenters. The van der Waals surface area contributed by atoms with Gasteiger partial charge in [-0.1, -0.05) is 32.9 Å². The topological polar surface area (TPSA) is 84.9 Å². The molecule has 1 aromatic rings. The van der Waals surface area contributed by atoms with Crippen LogP contribution in [0.3, 0.4) is 0 Å². The summed E-state index contributed by atoms with van der Waals surface area (Å²) < 4.78 is 34.3. The van der Waals surface area contributed by atoms with E-state index in [2.05, 4.69) is 38.2 Å². The van der Waals surface area contributed by atoms with Crippen LogP contribution in [0.2, 0.25) is 0 Å². The number of methoxy groups -OCH3 is 1. The summed E-state index contributed by atoms with van der Waals surface area (Å²) in [4.78, 5) is 14.1. The molecule has 0 bridgehead atoms. The third-order valence-electron chi connectivity index (χ3n) is 5.03. The molecule has 1 aromatic carbocycles. The largest absolute Gasteiger partial charge is 0.494 e. The Morgan fingerprint density at radius 2 is 1.90 bits per heavy atom. The zero-order chi connectivity index (χ0) is 21.5. The van der Waals surface area contributed by atoms with Gasteiger partial charge in [-0.05, 0) is 36.0 Å². The summed E-state index contributed by atoms with van der Waals surface area (Å²) in [5.41, 5.74) is 1.36. The smallest absolute Gasteiger partial charge is 0.317 e. The number of benzene rings is 1. The van der Waals surface area contributed by atoms with Crippen molar-refractivity contribution < 1.29 is 22.7 Å². The van der Waals surface area contributed by atoms with E-state index in [0.29, 0.717) is 39.1 Å². The van der Waals surface area contributed by atoms with E-state index in [4.69, 9.17) is 9.47 Å². The average molecular weight is 427 g/mol. The highest BCUT2D eigenvalue weighted by atomic mass is 32.2. The summed E-state index contributed by atoms with van der Waals surface area (Å²) in [6.07, 6.45) is 1.14. The second kappa shape index (κ2) is 10.3. The average Bonchev–Trinajstić information content (AvgIpc) is 3.01. The Kier molecular flexibility index (Phi) is 8.34. The Morgan fingerprint density at radius 1 is 1.21 bits per heavy atom. The van der Waals surface area contributed by atoms with Gasteiger partial charge in [0, 0.05) is 26.2 Å². The Labute approximate surface area is 174 Å². The third kappa shape index (κ3) is 7.51. The van der Waals surface area contributed by atoms with Crippen molar-refractivity contribution in [2.75, 3.05) is 44.9 Å². The second-order valence-electron chi connectivity index (χ2n) is 8.45. The maximum Gasteiger partial charge on any atom is 0.317 e. The summed E-state index contributed by atoms with van der Waals surface area (Å²) in [5.74, 6) is 0.968. The van der Waals surface area contributed by atoms with E-state index in [1.165, 1.54) is 5.56 Å². The standard InChI is InChI=1S/C21H34N2O5S/c1-21(2,3)17-6-8-19(9-7-17)28-13-5-11-22-20(24)23(12-14-27-4)18-10-15-29(25,26)16-18/h6-9,18H,5,10-16H2,1-4H3,(H,22,24). The highest BCUT2D eigenvalue weighted by Gasteiger charge is 2.34. The number of nitrogens with one attached hydrogen (secondary N) is 1. The van der Waals surface area contributed by atoms with Gasteiger partial charge in [0.05, 0.1) is 24.7 Å². The predicted molar refractivity (Wildman–Crippen MR) is 114 cm³/mol. The Balaban J connectivity index is 1.75. The van der Waals surface area contributed by atoms with Gasteiger partial charge in [0.2, 0.25) is 0 Å². The van der Waals surface area contributed by atoms with Crippen LogP contribution in [-0.4, -0.2) is 70.3 Å². The highest BCUT2D eigenvalue weighted by Crippen LogP contribution is 2.24. The van der Waals surface area contributed by atoms with Gasteiger partial charge in [-0.3, -0.25) is 0 Å². The zero-order valence-corrected chi connectivity index (χ0v) is 18.8. The lowest BCUT2D eigenvalue weighted by Crippen LogP contribution is -2.48. The number of urea groups is 1. The molecular weight excluding hydrogens is 392 g/mol. The number of sulfone groups is 1. The van der Waals surface area contributed by atoms with Crippen molar-refractivity contribution in [3.63, 3.8) is 0 Å². The predicted octanol–water partition coefficient (Wildman–Crippen LogP) is 2.60. The third-order valence-corrected chi connectivity index (χ3v) is 6.78. The normalized spacial score (nSPS) is 18.4. The van der Waals surface area contributed by atoms with Gasteiger partial charge >= 0.3 is 6.03 Å². The molecule has 0 spiro atoms. The second-order valence-corrected chi connectivity index (χ2v) is 10.7. The van der Waals surface area contributed by atoms with Crippen molar-refractivity contribution in [2.45, 2.75) is 45.1 Å². The minimum Gasteiger partial charge on any atom is -0.494 e. The SMILES string of the molecule is COCCN(C(=O)NCCCOc1ccc(C(C)(C)C)cc1)C1CCS(=O)(=O)C1. The van der Waals surface area contributed by atoms with E-state index in [9.17, 15) is 13.2 Å². The minimum absolute atomic E-state index is 0.0256. The molecule has 8 heteroatoms. The molecule has 2 amide bonds. The lowest BCUT2D eigenvalue weighted by molar-refractivity contribution is 0.133. The molecule has 1 aliphatic heterocycles. The van der Waals surface area contributed by atoms with Crippen LogP contribution < -0.4 is 10.1 Å². The number of amides is 2. The number of nitrogens with zero attached hydrogens (tertiary/aromatic N) is 1. The van der Waals surface area contributed by atoms with Crippen molar-refractivity contribution in [1.82, 2.24) is 10.2 Å². The first kappa shape index (κ1) is 23.5. The number of hydrogen-bond donors (Lipinski definition) is 1. The van der Waals surface area contributed by atoms with Crippen LogP contribution >= 0.6 is 0 Å². The highest BCUT2D eigenvalue weighted by molar-refractivity contribution is 7.91. The molecule has 0 aromatic heterocycles. The van der Waals surface area contributed by atoms with Crippen molar-refractivity contribution in [1.29, 1.82) is 0 Å². The molecule has 1 N–H and O–H groups in total. The van der Waals surface area contributed by atoms with Crippen LogP contribution in [0.15, 0.2) is 24.3 Å². The van der Waals surface area contributed by atoms with Gasteiger partial charge in [-0.15, -0.1) is 0 Å². The van der Waals surface area contributed by atoms with Crippen LogP contribution in [0.4, 0.5) is 4.79 Å². The first-order valence-corrected chi connectivity index (χ1v) is 11.9. The number of ether oxygens (including phenoxy) is 2. The number of rotatable bonds is 9. The molecular formula is C21H34N2O5S. The molecule has 7 nitrogen and oxygen atoms in total. The number of hydrogen-bond acceptors (Lipinski definition) is 5. The van der Waals surface area contributed by atoms with Crippen LogP contribution in [0, 0.1) is 0 Å². The lowest BCUT2D eigenvalue weighted by Gasteiger charge is -2.28. The molecule has 0 saturated carbocycles. The summed E-state index contributed by atoms with van der Waals surface area (Å²) in [5, 5.41) is 2.87. The molecule has 0 aliphatic carbocycles. The molecule has 164 valence electrons. The van der Waals surface area contributed by atoms with E-state index in [0.717, 1.165) is 5.75 Å². The van der Waals surface area contributed by atoms with Crippen molar-refractivity contribution in [3.05, 3.63) is 29.8 Å². The van der Waals surface area contributed by atoms with E-state index >= 15 is 0 Å². The van der Waals surface area contributed by atoms with Gasteiger partial charge in [-0.2, -0.15) is 0 Å². The molecule has 1 aliphatic rings. The van der Waals surface area contributed by atoms with Crippen molar-refractivity contribution >= 4 is 15.9 Å². The maximum atomic E-state index is 12.5. The quantitative estimate of drug-likeness (QED) is 0.614.